The number of likely N-dealkylation sites (tertiary alicyclic amines) is 1. The molecule has 4 saturated heterocycles. The number of hydrogen-bond acceptors (Lipinski definition) is 9. The molecule has 12 nitrogen and oxygen atoms in total. The van der Waals surface area contributed by atoms with Crippen LogP contribution in [0.4, 0.5) is 8.78 Å². The Kier molecular flexibility index (Phi) is 9.31. The lowest BCUT2D eigenvalue weighted by Gasteiger charge is -2.41. The number of aliphatic hydroxyl groups is 2. The van der Waals surface area contributed by atoms with Gasteiger partial charge in [0.2, 0.25) is 17.7 Å². The molecule has 0 radical (unpaired) electrons. The Morgan fingerprint density at radius 3 is 2.44 bits per heavy atom. The minimum absolute atomic E-state index is 0.0805. The molecule has 5 aliphatic rings. The molecule has 6 rings (SSSR count). The number of nitrogens with one attached hydrogen (secondary N) is 1. The van der Waals surface area contributed by atoms with Crippen LogP contribution >= 0.6 is 0 Å². The van der Waals surface area contributed by atoms with Crippen LogP contribution in [-0.4, -0.2) is 144 Å². The zero-order valence-corrected chi connectivity index (χ0v) is 25.4. The molecule has 45 heavy (non-hydrogen) atoms. The van der Waals surface area contributed by atoms with Crippen LogP contribution in [0.25, 0.3) is 0 Å². The second-order valence-electron chi connectivity index (χ2n) is 12.9. The Balaban J connectivity index is 1.27. The third-order valence-corrected chi connectivity index (χ3v) is 9.89. The van der Waals surface area contributed by atoms with E-state index in [0.717, 1.165) is 0 Å². The summed E-state index contributed by atoms with van der Waals surface area (Å²) in [6.45, 7) is 1.12. The standard InChI is InChI=1S/C31H42F2N4O8/c1-43-21-4-2-18(3-5-21)29(41)36-16-22-15-35(10-11-44-22)30(42)23-12-19(14-37(23)20-6-8-31(32,33)9-7-20)34-26(38)13-24-27(39)28(40)25(17-36)45-24/h2-5,19-20,22-25,27-28,39-40H,6-17H2,1H3,(H,34,38)/t19-,22-,23-,24-,25+,27-,28+/m0/s1. The highest BCUT2D eigenvalue weighted by Crippen LogP contribution is 2.38. The summed E-state index contributed by atoms with van der Waals surface area (Å²) < 4.78 is 45.3. The molecule has 7 atom stereocenters. The van der Waals surface area contributed by atoms with Gasteiger partial charge in [0, 0.05) is 63.2 Å². The number of benzene rings is 1. The van der Waals surface area contributed by atoms with Crippen molar-refractivity contribution in [2.75, 3.05) is 46.4 Å². The van der Waals surface area contributed by atoms with E-state index >= 15 is 0 Å². The fourth-order valence-corrected chi connectivity index (χ4v) is 7.44. The molecule has 14 heteroatoms. The van der Waals surface area contributed by atoms with E-state index in [9.17, 15) is 33.4 Å². The third-order valence-electron chi connectivity index (χ3n) is 9.89. The van der Waals surface area contributed by atoms with Crippen molar-refractivity contribution in [2.45, 2.75) is 93.1 Å². The van der Waals surface area contributed by atoms with Crippen LogP contribution in [0.3, 0.4) is 0 Å². The van der Waals surface area contributed by atoms with E-state index in [0.29, 0.717) is 30.8 Å². The fraction of sp³-hybridized carbons (Fsp3) is 0.710. The molecule has 0 spiro atoms. The van der Waals surface area contributed by atoms with Crippen molar-refractivity contribution in [2.24, 2.45) is 0 Å². The summed E-state index contributed by atoms with van der Waals surface area (Å²) in [6.07, 6.45) is -5.10. The summed E-state index contributed by atoms with van der Waals surface area (Å²) in [5, 5.41) is 24.7. The van der Waals surface area contributed by atoms with Crippen LogP contribution in [-0.2, 0) is 19.1 Å². The van der Waals surface area contributed by atoms with Crippen LogP contribution < -0.4 is 10.1 Å². The number of methoxy groups -OCH3 is 1. The predicted octanol–water partition coefficient (Wildman–Crippen LogP) is 0.395. The maximum atomic E-state index is 14.1. The first-order valence-corrected chi connectivity index (χ1v) is 15.8. The lowest BCUT2D eigenvalue weighted by molar-refractivity contribution is -0.145. The molecule has 6 bridgehead atoms. The van der Waals surface area contributed by atoms with Gasteiger partial charge >= 0.3 is 0 Å². The first-order valence-electron chi connectivity index (χ1n) is 15.8. The maximum Gasteiger partial charge on any atom is 0.254 e. The molecule has 3 N–H and O–H groups in total. The van der Waals surface area contributed by atoms with Gasteiger partial charge in [0.1, 0.15) is 24.1 Å². The zero-order chi connectivity index (χ0) is 31.9. The van der Waals surface area contributed by atoms with Gasteiger partial charge in [-0.1, -0.05) is 0 Å². The third kappa shape index (κ3) is 6.94. The van der Waals surface area contributed by atoms with Gasteiger partial charge in [-0.3, -0.25) is 19.3 Å². The number of ether oxygens (including phenoxy) is 3. The number of amides is 3. The highest BCUT2D eigenvalue weighted by Gasteiger charge is 2.48. The van der Waals surface area contributed by atoms with Crippen molar-refractivity contribution in [3.63, 3.8) is 0 Å². The summed E-state index contributed by atoms with van der Waals surface area (Å²) in [6, 6.07) is 5.36. The number of carbonyl (C=O) groups excluding carboxylic acids is 3. The molecule has 4 heterocycles. The Labute approximate surface area is 260 Å². The second kappa shape index (κ2) is 13.1. The smallest absolute Gasteiger partial charge is 0.254 e. The van der Waals surface area contributed by atoms with E-state index in [1.54, 1.807) is 29.2 Å². The minimum Gasteiger partial charge on any atom is -0.497 e. The Hall–Kier alpha value is -2.91. The van der Waals surface area contributed by atoms with E-state index in [4.69, 9.17) is 14.2 Å². The first kappa shape index (κ1) is 32.0. The molecule has 0 unspecified atom stereocenters. The molecular formula is C31H42F2N4O8. The molecule has 0 aromatic heterocycles. The van der Waals surface area contributed by atoms with Crippen LogP contribution in [0.2, 0.25) is 0 Å². The lowest BCUT2D eigenvalue weighted by atomic mass is 9.90. The Morgan fingerprint density at radius 1 is 1.02 bits per heavy atom. The molecule has 1 saturated carbocycles. The van der Waals surface area contributed by atoms with Crippen LogP contribution in [0.1, 0.15) is 48.9 Å². The molecule has 1 aliphatic carbocycles. The normalized spacial score (nSPS) is 34.9. The van der Waals surface area contributed by atoms with E-state index in [2.05, 4.69) is 5.32 Å². The molecule has 4 aliphatic heterocycles. The Bertz CT molecular complexity index is 1240. The minimum atomic E-state index is -2.72. The number of fused-ring (bicyclic) bond motifs is 6. The number of alkyl halides is 2. The van der Waals surface area contributed by atoms with E-state index in [1.807, 2.05) is 4.90 Å². The second-order valence-corrected chi connectivity index (χ2v) is 12.9. The van der Waals surface area contributed by atoms with Gasteiger partial charge in [-0.15, -0.1) is 0 Å². The van der Waals surface area contributed by atoms with Crippen LogP contribution in [0.15, 0.2) is 24.3 Å². The monoisotopic (exact) mass is 636 g/mol. The molecule has 5 fully saturated rings. The van der Waals surface area contributed by atoms with E-state index in [1.165, 1.54) is 12.0 Å². The number of halogens is 2. The largest absolute Gasteiger partial charge is 0.497 e. The number of hydrogen-bond donors (Lipinski definition) is 3. The maximum absolute atomic E-state index is 14.1. The molecular weight excluding hydrogens is 594 g/mol. The predicted molar refractivity (Wildman–Crippen MR) is 155 cm³/mol. The number of carbonyl (C=O) groups is 3. The highest BCUT2D eigenvalue weighted by atomic mass is 19.3. The zero-order valence-electron chi connectivity index (χ0n) is 25.4. The van der Waals surface area contributed by atoms with Crippen molar-refractivity contribution in [1.82, 2.24) is 20.0 Å². The quantitative estimate of drug-likeness (QED) is 0.430. The van der Waals surface area contributed by atoms with Gasteiger partial charge in [-0.2, -0.15) is 0 Å². The SMILES string of the molecule is COc1ccc(C(=O)N2C[C@@H]3CN(CCO3)C(=O)[C@@H]3C[C@@H](CN3C3CCC(F)(F)CC3)NC(=O)C[C@@H]3O[C@H](C2)[C@@H](O)[C@H]3O)cc1. The number of aliphatic hydroxyl groups excluding tert-OH is 2. The average molecular weight is 637 g/mol. The molecule has 3 amide bonds. The molecule has 1 aromatic carbocycles. The number of rotatable bonds is 3. The average Bonchev–Trinajstić information content (AvgIpc) is 3.55. The summed E-state index contributed by atoms with van der Waals surface area (Å²) >= 11 is 0. The molecule has 248 valence electrons. The lowest BCUT2D eigenvalue weighted by Crippen LogP contribution is -2.56. The first-order chi connectivity index (χ1) is 21.5. The fourth-order valence-electron chi connectivity index (χ4n) is 7.44. The number of nitrogens with zero attached hydrogens (tertiary/aromatic N) is 3. The Morgan fingerprint density at radius 2 is 1.73 bits per heavy atom. The van der Waals surface area contributed by atoms with Gasteiger partial charge in [0.05, 0.1) is 38.4 Å². The summed E-state index contributed by atoms with van der Waals surface area (Å²) in [7, 11) is 1.52. The van der Waals surface area contributed by atoms with E-state index < -0.39 is 54.4 Å². The summed E-state index contributed by atoms with van der Waals surface area (Å²) in [5.74, 6) is -3.06. The summed E-state index contributed by atoms with van der Waals surface area (Å²) in [5.41, 5.74) is 0.364. The van der Waals surface area contributed by atoms with Gasteiger partial charge in [0.15, 0.2) is 0 Å². The van der Waals surface area contributed by atoms with Crippen molar-refractivity contribution in [3.05, 3.63) is 29.8 Å². The van der Waals surface area contributed by atoms with Gasteiger partial charge < -0.3 is 39.5 Å². The van der Waals surface area contributed by atoms with Crippen molar-refractivity contribution in [1.29, 1.82) is 0 Å². The number of morpholine rings is 1. The summed E-state index contributed by atoms with van der Waals surface area (Å²) in [4.78, 5) is 46.1. The van der Waals surface area contributed by atoms with Gasteiger partial charge in [-0.25, -0.2) is 8.78 Å². The van der Waals surface area contributed by atoms with Gasteiger partial charge in [-0.05, 0) is 43.5 Å². The van der Waals surface area contributed by atoms with Crippen molar-refractivity contribution >= 4 is 17.7 Å². The van der Waals surface area contributed by atoms with Gasteiger partial charge in [0.25, 0.3) is 5.91 Å². The molecule has 1 aromatic rings. The topological polar surface area (TPSA) is 141 Å². The highest BCUT2D eigenvalue weighted by molar-refractivity contribution is 5.94. The van der Waals surface area contributed by atoms with Crippen molar-refractivity contribution < 1.29 is 47.6 Å². The van der Waals surface area contributed by atoms with Crippen LogP contribution in [0, 0.1) is 0 Å². The van der Waals surface area contributed by atoms with E-state index in [-0.39, 0.29) is 76.2 Å². The van der Waals surface area contributed by atoms with Crippen LogP contribution in [0.5, 0.6) is 5.75 Å². The van der Waals surface area contributed by atoms with Crippen molar-refractivity contribution in [3.8, 4) is 5.75 Å².